The number of ether oxygens (including phenoxy) is 1. The number of sulfonamides is 1. The third-order valence-corrected chi connectivity index (χ3v) is 8.19. The minimum absolute atomic E-state index is 0.0280. The number of amides is 1. The van der Waals surface area contributed by atoms with Crippen molar-refractivity contribution in [2.24, 2.45) is 0 Å². The van der Waals surface area contributed by atoms with Crippen molar-refractivity contribution >= 4 is 15.9 Å². The van der Waals surface area contributed by atoms with Gasteiger partial charge in [0.1, 0.15) is 5.75 Å². The van der Waals surface area contributed by atoms with Crippen molar-refractivity contribution in [3.63, 3.8) is 0 Å². The lowest BCUT2D eigenvalue weighted by Gasteiger charge is -2.31. The molecule has 1 amide bonds. The maximum atomic E-state index is 13.6. The number of benzene rings is 2. The van der Waals surface area contributed by atoms with Gasteiger partial charge in [0.25, 0.3) is 5.91 Å². The zero-order chi connectivity index (χ0) is 21.8. The Balaban J connectivity index is 1.63. The van der Waals surface area contributed by atoms with E-state index in [0.29, 0.717) is 25.2 Å². The highest BCUT2D eigenvalue weighted by Gasteiger charge is 2.30. The third kappa shape index (κ3) is 4.62. The fraction of sp³-hybridized carbons (Fsp3) is 0.458. The molecule has 0 spiro atoms. The summed E-state index contributed by atoms with van der Waals surface area (Å²) in [6, 6.07) is 14.4. The van der Waals surface area contributed by atoms with Crippen LogP contribution in [0, 0.1) is 0 Å². The molecule has 2 fully saturated rings. The average Bonchev–Trinajstić information content (AvgIpc) is 3.25. The van der Waals surface area contributed by atoms with E-state index >= 15 is 0 Å². The lowest BCUT2D eigenvalue weighted by Crippen LogP contribution is -2.35. The monoisotopic (exact) mass is 442 g/mol. The average molecular weight is 443 g/mol. The first-order valence-corrected chi connectivity index (χ1v) is 12.5. The van der Waals surface area contributed by atoms with Crippen LogP contribution in [-0.2, 0) is 10.0 Å². The van der Waals surface area contributed by atoms with Crippen molar-refractivity contribution in [2.45, 2.75) is 49.5 Å². The molecule has 2 aliphatic heterocycles. The summed E-state index contributed by atoms with van der Waals surface area (Å²) in [4.78, 5) is 15.7. The van der Waals surface area contributed by atoms with Crippen LogP contribution in [0.1, 0.15) is 60.5 Å². The van der Waals surface area contributed by atoms with Crippen molar-refractivity contribution in [3.05, 3.63) is 59.7 Å². The quantitative estimate of drug-likeness (QED) is 0.695. The Labute approximate surface area is 184 Å². The lowest BCUT2D eigenvalue weighted by molar-refractivity contribution is 0.0680. The Kier molecular flexibility index (Phi) is 6.62. The molecule has 0 unspecified atom stereocenters. The van der Waals surface area contributed by atoms with E-state index in [1.165, 1.54) is 4.31 Å². The second-order valence-corrected chi connectivity index (χ2v) is 10.2. The van der Waals surface area contributed by atoms with Crippen LogP contribution < -0.4 is 4.74 Å². The maximum absolute atomic E-state index is 13.6. The molecular weight excluding hydrogens is 412 g/mol. The van der Waals surface area contributed by atoms with E-state index in [0.717, 1.165) is 49.8 Å². The molecular formula is C24H30N2O4S. The lowest BCUT2D eigenvalue weighted by atomic mass is 10.00. The summed E-state index contributed by atoms with van der Waals surface area (Å²) in [5.74, 6) is 0.677. The summed E-state index contributed by atoms with van der Waals surface area (Å²) >= 11 is 0. The summed E-state index contributed by atoms with van der Waals surface area (Å²) in [5, 5.41) is 0. The molecule has 166 valence electrons. The summed E-state index contributed by atoms with van der Waals surface area (Å²) in [6.45, 7) is 1.76. The predicted octanol–water partition coefficient (Wildman–Crippen LogP) is 4.24. The molecule has 2 aromatic rings. The normalized spacial score (nSPS) is 20.4. The highest BCUT2D eigenvalue weighted by Crippen LogP contribution is 2.33. The molecule has 2 aliphatic rings. The zero-order valence-electron chi connectivity index (χ0n) is 18.0. The van der Waals surface area contributed by atoms with Gasteiger partial charge < -0.3 is 9.64 Å². The van der Waals surface area contributed by atoms with Gasteiger partial charge in [0.2, 0.25) is 10.0 Å². The number of rotatable bonds is 5. The fourth-order valence-corrected chi connectivity index (χ4v) is 6.12. The highest BCUT2D eigenvalue weighted by atomic mass is 32.2. The Morgan fingerprint density at radius 2 is 1.65 bits per heavy atom. The van der Waals surface area contributed by atoms with Gasteiger partial charge in [-0.05, 0) is 61.6 Å². The van der Waals surface area contributed by atoms with E-state index in [-0.39, 0.29) is 16.8 Å². The van der Waals surface area contributed by atoms with Crippen LogP contribution in [0.3, 0.4) is 0 Å². The van der Waals surface area contributed by atoms with E-state index < -0.39 is 10.0 Å². The zero-order valence-corrected chi connectivity index (χ0v) is 18.8. The Morgan fingerprint density at radius 3 is 2.35 bits per heavy atom. The summed E-state index contributed by atoms with van der Waals surface area (Å²) in [5.41, 5.74) is 1.51. The second kappa shape index (κ2) is 9.40. The third-order valence-electron chi connectivity index (χ3n) is 6.30. The van der Waals surface area contributed by atoms with Crippen molar-refractivity contribution < 1.29 is 17.9 Å². The molecule has 4 rings (SSSR count). The van der Waals surface area contributed by atoms with Crippen LogP contribution in [0.25, 0.3) is 0 Å². The standard InChI is InChI=1S/C24H30N2O4S/c1-30-21-13-11-19(12-14-21)23-10-3-2-4-17-26(23)24(27)20-8-7-9-22(18-20)31(28,29)25-15-5-6-16-25/h7-9,11-14,18,23H,2-6,10,15-17H2,1H3/t23-/m0/s1. The molecule has 0 N–H and O–H groups in total. The molecule has 7 heteroatoms. The van der Waals surface area contributed by atoms with E-state index in [4.69, 9.17) is 4.74 Å². The van der Waals surface area contributed by atoms with Gasteiger partial charge in [-0.2, -0.15) is 4.31 Å². The summed E-state index contributed by atoms with van der Waals surface area (Å²) in [7, 11) is -1.92. The number of carbonyl (C=O) groups excluding carboxylic acids is 1. The number of nitrogens with zero attached hydrogens (tertiary/aromatic N) is 2. The van der Waals surface area contributed by atoms with Gasteiger partial charge in [-0.15, -0.1) is 0 Å². The van der Waals surface area contributed by atoms with Gasteiger partial charge in [-0.25, -0.2) is 8.42 Å². The molecule has 0 aliphatic carbocycles. The van der Waals surface area contributed by atoms with E-state index in [9.17, 15) is 13.2 Å². The number of methoxy groups -OCH3 is 1. The molecule has 0 radical (unpaired) electrons. The highest BCUT2D eigenvalue weighted by molar-refractivity contribution is 7.89. The summed E-state index contributed by atoms with van der Waals surface area (Å²) in [6.07, 6.45) is 5.75. The minimum Gasteiger partial charge on any atom is -0.497 e. The van der Waals surface area contributed by atoms with Gasteiger partial charge in [0.05, 0.1) is 18.0 Å². The molecule has 31 heavy (non-hydrogen) atoms. The van der Waals surface area contributed by atoms with Crippen molar-refractivity contribution in [1.82, 2.24) is 9.21 Å². The number of carbonyl (C=O) groups is 1. The smallest absolute Gasteiger partial charge is 0.254 e. The van der Waals surface area contributed by atoms with Crippen LogP contribution in [0.5, 0.6) is 5.75 Å². The van der Waals surface area contributed by atoms with Crippen LogP contribution >= 0.6 is 0 Å². The fourth-order valence-electron chi connectivity index (χ4n) is 4.56. The SMILES string of the molecule is COc1ccc([C@@H]2CCCCCN2C(=O)c2cccc(S(=O)(=O)N3CCCC3)c2)cc1. The van der Waals surface area contributed by atoms with Crippen molar-refractivity contribution in [3.8, 4) is 5.75 Å². The van der Waals surface area contributed by atoms with Gasteiger partial charge >= 0.3 is 0 Å². The topological polar surface area (TPSA) is 66.9 Å². The van der Waals surface area contributed by atoms with E-state index in [2.05, 4.69) is 0 Å². The molecule has 0 bridgehead atoms. The largest absolute Gasteiger partial charge is 0.497 e. The molecule has 2 aromatic carbocycles. The Morgan fingerprint density at radius 1 is 0.935 bits per heavy atom. The number of hydrogen-bond donors (Lipinski definition) is 0. The minimum atomic E-state index is -3.56. The van der Waals surface area contributed by atoms with Gasteiger partial charge in [0, 0.05) is 25.2 Å². The first-order chi connectivity index (χ1) is 15.0. The van der Waals surface area contributed by atoms with Crippen LogP contribution in [0.2, 0.25) is 0 Å². The van der Waals surface area contributed by atoms with Gasteiger partial charge in [-0.1, -0.05) is 31.0 Å². The van der Waals surface area contributed by atoms with E-state index in [1.807, 2.05) is 29.2 Å². The van der Waals surface area contributed by atoms with Crippen LogP contribution in [-0.4, -0.2) is 50.3 Å². The Bertz CT molecular complexity index is 1010. The first-order valence-electron chi connectivity index (χ1n) is 11.1. The van der Waals surface area contributed by atoms with E-state index in [1.54, 1.807) is 31.4 Å². The predicted molar refractivity (Wildman–Crippen MR) is 120 cm³/mol. The van der Waals surface area contributed by atoms with Crippen LogP contribution in [0.15, 0.2) is 53.4 Å². The number of hydrogen-bond acceptors (Lipinski definition) is 4. The molecule has 6 nitrogen and oxygen atoms in total. The van der Waals surface area contributed by atoms with Gasteiger partial charge in [-0.3, -0.25) is 4.79 Å². The van der Waals surface area contributed by atoms with Gasteiger partial charge in [0.15, 0.2) is 0 Å². The molecule has 2 heterocycles. The van der Waals surface area contributed by atoms with Crippen LogP contribution in [0.4, 0.5) is 0 Å². The maximum Gasteiger partial charge on any atom is 0.254 e. The summed E-state index contributed by atoms with van der Waals surface area (Å²) < 4.78 is 32.7. The number of likely N-dealkylation sites (tertiary alicyclic amines) is 1. The van der Waals surface area contributed by atoms with Crippen molar-refractivity contribution in [2.75, 3.05) is 26.7 Å². The second-order valence-electron chi connectivity index (χ2n) is 8.28. The molecule has 2 saturated heterocycles. The first kappa shape index (κ1) is 21.8. The van der Waals surface area contributed by atoms with Crippen molar-refractivity contribution in [1.29, 1.82) is 0 Å². The molecule has 0 aromatic heterocycles. The molecule has 1 atom stereocenters. The molecule has 0 saturated carbocycles. The Hall–Kier alpha value is -2.38.